The summed E-state index contributed by atoms with van der Waals surface area (Å²) in [7, 11) is 1.67. The summed E-state index contributed by atoms with van der Waals surface area (Å²) in [6.45, 7) is 3.92. The van der Waals surface area contributed by atoms with E-state index in [1.54, 1.807) is 19.5 Å². The summed E-state index contributed by atoms with van der Waals surface area (Å²) in [6.07, 6.45) is 3.44. The van der Waals surface area contributed by atoms with Gasteiger partial charge in [-0.3, -0.25) is 9.78 Å². The Bertz CT molecular complexity index is 765. The van der Waals surface area contributed by atoms with Crippen LogP contribution in [0.5, 0.6) is 0 Å². The Kier molecular flexibility index (Phi) is 3.77. The molecule has 0 radical (unpaired) electrons. The van der Waals surface area contributed by atoms with Crippen LogP contribution in [0.3, 0.4) is 0 Å². The average Bonchev–Trinajstić information content (AvgIpc) is 2.91. The zero-order valence-electron chi connectivity index (χ0n) is 12.9. The molecule has 22 heavy (non-hydrogen) atoms. The molecule has 1 aromatic heterocycles. The summed E-state index contributed by atoms with van der Waals surface area (Å²) in [5.74, 6) is 0.0286. The molecule has 0 spiro atoms. The smallest absolute Gasteiger partial charge is 0.211 e. The molecule has 1 aliphatic rings. The Morgan fingerprint density at radius 3 is 2.77 bits per heavy atom. The van der Waals surface area contributed by atoms with E-state index in [0.717, 1.165) is 22.4 Å². The van der Waals surface area contributed by atoms with Gasteiger partial charge in [-0.1, -0.05) is 12.1 Å². The maximum atomic E-state index is 12.6. The molecular weight excluding hydrogens is 276 g/mol. The third kappa shape index (κ3) is 2.31. The predicted octanol–water partition coefficient (Wildman–Crippen LogP) is 3.83. The molecule has 2 heterocycles. The molecule has 4 heteroatoms. The number of ketones is 1. The highest BCUT2D eigenvalue weighted by Crippen LogP contribution is 2.34. The number of para-hydroxylation sites is 1. The Balaban J connectivity index is 2.09. The molecule has 0 bridgehead atoms. The number of methoxy groups -OCH3 is 1. The fourth-order valence-electron chi connectivity index (χ4n) is 2.71. The molecule has 0 unspecified atom stereocenters. The lowest BCUT2D eigenvalue weighted by atomic mass is 9.97. The number of hydrogen-bond acceptors (Lipinski definition) is 4. The maximum Gasteiger partial charge on any atom is 0.211 e. The minimum absolute atomic E-state index is 0.0286. The summed E-state index contributed by atoms with van der Waals surface area (Å²) < 4.78 is 5.41. The van der Waals surface area contributed by atoms with Gasteiger partial charge in [-0.05, 0) is 43.2 Å². The second kappa shape index (κ2) is 5.73. The number of rotatable bonds is 3. The fraction of sp³-hybridized carbons (Fsp3) is 0.222. The van der Waals surface area contributed by atoms with Gasteiger partial charge in [0.1, 0.15) is 0 Å². The number of Topliss-reactive ketones (excluding diaryl/α,β-unsaturated/α-hetero) is 1. The molecule has 0 saturated heterocycles. The highest BCUT2D eigenvalue weighted by Gasteiger charge is 2.27. The van der Waals surface area contributed by atoms with Crippen LogP contribution in [0.2, 0.25) is 0 Å². The van der Waals surface area contributed by atoms with E-state index in [0.29, 0.717) is 11.3 Å². The van der Waals surface area contributed by atoms with Gasteiger partial charge >= 0.3 is 0 Å². The number of carbonyl (C=O) groups is 1. The average molecular weight is 294 g/mol. The Labute approximate surface area is 129 Å². The third-order valence-electron chi connectivity index (χ3n) is 4.08. The van der Waals surface area contributed by atoms with Gasteiger partial charge < -0.3 is 10.1 Å². The first-order chi connectivity index (χ1) is 10.6. The quantitative estimate of drug-likeness (QED) is 0.874. The van der Waals surface area contributed by atoms with Crippen molar-refractivity contribution >= 4 is 17.0 Å². The first-order valence-corrected chi connectivity index (χ1v) is 7.22. The van der Waals surface area contributed by atoms with E-state index in [1.807, 2.05) is 44.2 Å². The van der Waals surface area contributed by atoms with Crippen LogP contribution in [0, 0.1) is 0 Å². The van der Waals surface area contributed by atoms with Crippen LogP contribution in [-0.2, 0) is 4.74 Å². The lowest BCUT2D eigenvalue weighted by Crippen LogP contribution is -2.07. The Morgan fingerprint density at radius 2 is 2.05 bits per heavy atom. The van der Waals surface area contributed by atoms with Gasteiger partial charge in [0.2, 0.25) is 5.78 Å². The highest BCUT2D eigenvalue weighted by molar-refractivity contribution is 6.21. The first kappa shape index (κ1) is 14.5. The van der Waals surface area contributed by atoms with Gasteiger partial charge in [0.15, 0.2) is 0 Å². The van der Waals surface area contributed by atoms with Crippen molar-refractivity contribution in [1.82, 2.24) is 4.98 Å². The number of anilines is 1. The molecule has 1 aromatic carbocycles. The van der Waals surface area contributed by atoms with Crippen LogP contribution >= 0.6 is 0 Å². The number of fused-ring (bicyclic) bond motifs is 1. The van der Waals surface area contributed by atoms with Gasteiger partial charge in [-0.15, -0.1) is 0 Å². The number of nitrogens with one attached hydrogen (secondary N) is 1. The van der Waals surface area contributed by atoms with Gasteiger partial charge in [-0.2, -0.15) is 0 Å². The molecule has 0 saturated carbocycles. The topological polar surface area (TPSA) is 51.2 Å². The highest BCUT2D eigenvalue weighted by atomic mass is 16.5. The molecule has 4 nitrogen and oxygen atoms in total. The molecule has 1 atom stereocenters. The maximum absolute atomic E-state index is 12.6. The number of aromatic nitrogens is 1. The van der Waals surface area contributed by atoms with Crippen LogP contribution < -0.4 is 5.32 Å². The van der Waals surface area contributed by atoms with Crippen molar-refractivity contribution in [3.8, 4) is 0 Å². The van der Waals surface area contributed by atoms with E-state index in [-0.39, 0.29) is 11.9 Å². The number of allylic oxidation sites excluding steroid dienone is 2. The molecule has 1 aliphatic heterocycles. The summed E-state index contributed by atoms with van der Waals surface area (Å²) in [4.78, 5) is 16.8. The number of benzene rings is 1. The van der Waals surface area contributed by atoms with E-state index >= 15 is 0 Å². The third-order valence-corrected chi connectivity index (χ3v) is 4.08. The van der Waals surface area contributed by atoms with Crippen LogP contribution in [0.4, 0.5) is 5.69 Å². The molecule has 0 aliphatic carbocycles. The minimum Gasteiger partial charge on any atom is -0.377 e. The zero-order chi connectivity index (χ0) is 15.7. The number of pyridine rings is 1. The van der Waals surface area contributed by atoms with Crippen molar-refractivity contribution in [2.75, 3.05) is 12.4 Å². The van der Waals surface area contributed by atoms with Crippen LogP contribution in [-0.4, -0.2) is 17.9 Å². The second-order valence-electron chi connectivity index (χ2n) is 5.34. The molecule has 0 amide bonds. The number of nitrogens with zero attached hydrogens (tertiary/aromatic N) is 1. The van der Waals surface area contributed by atoms with Gasteiger partial charge in [-0.25, -0.2) is 0 Å². The van der Waals surface area contributed by atoms with Gasteiger partial charge in [0.05, 0.1) is 11.8 Å². The van der Waals surface area contributed by atoms with Crippen LogP contribution in [0.1, 0.15) is 41.4 Å². The van der Waals surface area contributed by atoms with Crippen molar-refractivity contribution < 1.29 is 9.53 Å². The fourth-order valence-corrected chi connectivity index (χ4v) is 2.71. The zero-order valence-corrected chi connectivity index (χ0v) is 12.9. The van der Waals surface area contributed by atoms with Crippen LogP contribution in [0.25, 0.3) is 5.57 Å². The molecular formula is C18H18N2O2. The largest absolute Gasteiger partial charge is 0.377 e. The number of carbonyl (C=O) groups excluding carboxylic acids is 1. The van der Waals surface area contributed by atoms with Crippen molar-refractivity contribution in [3.05, 3.63) is 65.1 Å². The second-order valence-corrected chi connectivity index (χ2v) is 5.34. The minimum atomic E-state index is -0.0851. The normalized spacial score (nSPS) is 17.0. The van der Waals surface area contributed by atoms with Crippen LogP contribution in [0.15, 0.2) is 48.4 Å². The lowest BCUT2D eigenvalue weighted by molar-refractivity contribution is 0.104. The van der Waals surface area contributed by atoms with E-state index in [9.17, 15) is 4.79 Å². The van der Waals surface area contributed by atoms with Crippen molar-refractivity contribution in [2.45, 2.75) is 20.0 Å². The van der Waals surface area contributed by atoms with E-state index in [2.05, 4.69) is 10.3 Å². The molecule has 2 aromatic rings. The van der Waals surface area contributed by atoms with E-state index in [4.69, 9.17) is 4.74 Å². The number of hydrogen-bond donors (Lipinski definition) is 1. The summed E-state index contributed by atoms with van der Waals surface area (Å²) in [5, 5.41) is 3.24. The van der Waals surface area contributed by atoms with Crippen molar-refractivity contribution in [3.63, 3.8) is 0 Å². The predicted molar refractivity (Wildman–Crippen MR) is 86.7 cm³/mol. The Morgan fingerprint density at radius 1 is 1.27 bits per heavy atom. The summed E-state index contributed by atoms with van der Waals surface area (Å²) in [6, 6.07) is 9.48. The Hall–Kier alpha value is -2.46. The lowest BCUT2D eigenvalue weighted by Gasteiger charge is -2.16. The SMILES string of the molecule is CO[C@@H](C)c1cnccc1/C(C)=C1\Nc2ccccc2C1=O. The molecule has 1 N–H and O–H groups in total. The summed E-state index contributed by atoms with van der Waals surface area (Å²) in [5.41, 5.74) is 5.05. The van der Waals surface area contributed by atoms with Crippen molar-refractivity contribution in [1.29, 1.82) is 0 Å². The van der Waals surface area contributed by atoms with Crippen molar-refractivity contribution in [2.24, 2.45) is 0 Å². The molecule has 3 rings (SSSR count). The molecule has 112 valence electrons. The van der Waals surface area contributed by atoms with E-state index in [1.165, 1.54) is 0 Å². The first-order valence-electron chi connectivity index (χ1n) is 7.22. The van der Waals surface area contributed by atoms with Gasteiger partial charge in [0.25, 0.3) is 0 Å². The van der Waals surface area contributed by atoms with Gasteiger partial charge in [0, 0.05) is 36.3 Å². The monoisotopic (exact) mass is 294 g/mol. The number of ether oxygens (including phenoxy) is 1. The van der Waals surface area contributed by atoms with E-state index < -0.39 is 0 Å². The molecule has 0 fully saturated rings. The standard InChI is InChI=1S/C18H18N2O2/c1-11(13-8-9-19-10-15(13)12(2)22-3)17-18(21)14-6-4-5-7-16(14)20-17/h4-10,12,20H,1-3H3/b17-11-/t12-/m0/s1. The summed E-state index contributed by atoms with van der Waals surface area (Å²) >= 11 is 0.